The molecule has 20 heavy (non-hydrogen) atoms. The molecule has 0 aliphatic heterocycles. The average molecular weight is 296 g/mol. The van der Waals surface area contributed by atoms with Crippen LogP contribution in [-0.4, -0.2) is 15.8 Å². The van der Waals surface area contributed by atoms with Crippen LogP contribution in [0, 0.1) is 15.9 Å². The van der Waals surface area contributed by atoms with Crippen molar-refractivity contribution in [3.8, 4) is 0 Å². The van der Waals surface area contributed by atoms with Crippen LogP contribution in [0.4, 0.5) is 15.8 Å². The first-order valence-electron chi connectivity index (χ1n) is 5.41. The number of amides is 1. The second-order valence-corrected chi connectivity index (χ2v) is 4.65. The summed E-state index contributed by atoms with van der Waals surface area (Å²) in [6.45, 7) is 0.203. The number of hydrogen-bond donors (Lipinski definition) is 2. The number of carbonyl (C=O) groups is 1. The van der Waals surface area contributed by atoms with Crippen molar-refractivity contribution in [1.82, 2.24) is 4.98 Å². The Kier molecular flexibility index (Phi) is 4.01. The lowest BCUT2D eigenvalue weighted by atomic mass is 10.2. The normalized spacial score (nSPS) is 10.3. The lowest BCUT2D eigenvalue weighted by Crippen LogP contribution is -2.14. The first-order chi connectivity index (χ1) is 9.51. The zero-order valence-electron chi connectivity index (χ0n) is 10.00. The number of halogens is 1. The largest absolute Gasteiger partial charge is 0.325 e. The third kappa shape index (κ3) is 2.95. The van der Waals surface area contributed by atoms with Crippen molar-refractivity contribution in [2.45, 2.75) is 6.54 Å². The molecule has 0 spiro atoms. The van der Waals surface area contributed by atoms with Crippen LogP contribution in [0.25, 0.3) is 0 Å². The van der Waals surface area contributed by atoms with Gasteiger partial charge in [0, 0.05) is 11.9 Å². The molecule has 0 aliphatic rings. The number of nitrogens with one attached hydrogen (secondary N) is 1. The summed E-state index contributed by atoms with van der Waals surface area (Å²) in [6.07, 6.45) is 0. The number of hydrogen-bond acceptors (Lipinski definition) is 6. The van der Waals surface area contributed by atoms with Gasteiger partial charge in [0.15, 0.2) is 0 Å². The minimum Gasteiger partial charge on any atom is -0.325 e. The van der Waals surface area contributed by atoms with E-state index < -0.39 is 22.3 Å². The van der Waals surface area contributed by atoms with Crippen molar-refractivity contribution in [2.24, 2.45) is 5.73 Å². The summed E-state index contributed by atoms with van der Waals surface area (Å²) in [5.41, 5.74) is 4.87. The predicted octanol–water partition coefficient (Wildman–Crippen LogP) is 1.90. The van der Waals surface area contributed by atoms with Crippen molar-refractivity contribution < 1.29 is 14.1 Å². The van der Waals surface area contributed by atoms with Gasteiger partial charge < -0.3 is 11.1 Å². The van der Waals surface area contributed by atoms with Crippen LogP contribution in [0.3, 0.4) is 0 Å². The van der Waals surface area contributed by atoms with Gasteiger partial charge in [-0.25, -0.2) is 9.37 Å². The Morgan fingerprint density at radius 3 is 2.90 bits per heavy atom. The van der Waals surface area contributed by atoms with E-state index in [1.54, 1.807) is 0 Å². The highest BCUT2D eigenvalue weighted by Gasteiger charge is 2.18. The molecule has 7 nitrogen and oxygen atoms in total. The number of benzene rings is 1. The molecule has 0 aliphatic carbocycles. The Bertz CT molecular complexity index is 673. The molecular weight excluding hydrogens is 287 g/mol. The summed E-state index contributed by atoms with van der Waals surface area (Å²) < 4.78 is 13.0. The van der Waals surface area contributed by atoms with Gasteiger partial charge in [0.05, 0.1) is 11.0 Å². The van der Waals surface area contributed by atoms with Gasteiger partial charge in [-0.2, -0.15) is 0 Å². The first-order valence-corrected chi connectivity index (χ1v) is 6.29. The predicted molar refractivity (Wildman–Crippen MR) is 71.0 cm³/mol. The fourth-order valence-electron chi connectivity index (χ4n) is 1.46. The van der Waals surface area contributed by atoms with Gasteiger partial charge in [-0.05, 0) is 12.1 Å². The molecule has 0 fully saturated rings. The Hall–Kier alpha value is -2.39. The summed E-state index contributed by atoms with van der Waals surface area (Å²) in [6, 6.07) is 2.89. The van der Waals surface area contributed by atoms with E-state index >= 15 is 0 Å². The molecule has 1 aromatic carbocycles. The number of carbonyl (C=O) groups excluding carboxylic acids is 1. The topological polar surface area (TPSA) is 111 Å². The van der Waals surface area contributed by atoms with Crippen LogP contribution in [0.5, 0.6) is 0 Å². The first kappa shape index (κ1) is 14.0. The monoisotopic (exact) mass is 296 g/mol. The molecule has 1 heterocycles. The average Bonchev–Trinajstić information content (AvgIpc) is 2.89. The molecule has 2 rings (SSSR count). The maximum absolute atomic E-state index is 13.0. The number of rotatable bonds is 4. The second kappa shape index (κ2) is 5.72. The summed E-state index contributed by atoms with van der Waals surface area (Å²) in [7, 11) is 0. The standard InChI is InChI=1S/C11H9FN4O3S/c12-6-1-2-7(9(3-6)16(18)19)15-11(17)8-5-20-10(4-13)14-8/h1-3,5H,4,13H2,(H,15,17). The SMILES string of the molecule is NCc1nc(C(=O)Nc2ccc(F)cc2[N+](=O)[O-])cs1. The van der Waals surface area contributed by atoms with E-state index in [1.165, 1.54) is 16.7 Å². The zero-order chi connectivity index (χ0) is 14.7. The molecule has 104 valence electrons. The quantitative estimate of drug-likeness (QED) is 0.661. The molecule has 0 unspecified atom stereocenters. The van der Waals surface area contributed by atoms with Crippen molar-refractivity contribution >= 4 is 28.6 Å². The lowest BCUT2D eigenvalue weighted by Gasteiger charge is -2.04. The maximum Gasteiger partial charge on any atom is 0.295 e. The molecule has 0 bridgehead atoms. The van der Waals surface area contributed by atoms with Crippen LogP contribution in [0.1, 0.15) is 15.5 Å². The molecule has 3 N–H and O–H groups in total. The van der Waals surface area contributed by atoms with E-state index in [9.17, 15) is 19.3 Å². The molecule has 0 atom stereocenters. The van der Waals surface area contributed by atoms with Crippen LogP contribution < -0.4 is 11.1 Å². The van der Waals surface area contributed by atoms with Crippen molar-refractivity contribution in [2.75, 3.05) is 5.32 Å². The van der Waals surface area contributed by atoms with Gasteiger partial charge in [0.25, 0.3) is 11.6 Å². The highest BCUT2D eigenvalue weighted by atomic mass is 32.1. The van der Waals surface area contributed by atoms with Crippen molar-refractivity contribution in [3.63, 3.8) is 0 Å². The molecule has 0 radical (unpaired) electrons. The molecule has 2 aromatic rings. The molecule has 9 heteroatoms. The molecule has 1 aromatic heterocycles. The fourth-order valence-corrected chi connectivity index (χ4v) is 2.11. The molecule has 0 saturated carbocycles. The molecule has 0 saturated heterocycles. The van der Waals surface area contributed by atoms with E-state index in [4.69, 9.17) is 5.73 Å². The summed E-state index contributed by atoms with van der Waals surface area (Å²) in [4.78, 5) is 25.9. The molecule has 1 amide bonds. The Morgan fingerprint density at radius 2 is 2.30 bits per heavy atom. The lowest BCUT2D eigenvalue weighted by molar-refractivity contribution is -0.384. The van der Waals surface area contributed by atoms with Crippen molar-refractivity contribution in [1.29, 1.82) is 0 Å². The van der Waals surface area contributed by atoms with Crippen molar-refractivity contribution in [3.05, 3.63) is 50.2 Å². The second-order valence-electron chi connectivity index (χ2n) is 3.70. The third-order valence-corrected chi connectivity index (χ3v) is 3.23. The number of nitro groups is 1. The van der Waals surface area contributed by atoms with Crippen LogP contribution in [0.15, 0.2) is 23.6 Å². The van der Waals surface area contributed by atoms with Crippen LogP contribution in [-0.2, 0) is 6.54 Å². The fraction of sp³-hybridized carbons (Fsp3) is 0.0909. The summed E-state index contributed by atoms with van der Waals surface area (Å²) >= 11 is 1.21. The van der Waals surface area contributed by atoms with E-state index in [1.807, 2.05) is 0 Å². The van der Waals surface area contributed by atoms with Gasteiger partial charge in [-0.15, -0.1) is 11.3 Å². The zero-order valence-corrected chi connectivity index (χ0v) is 10.8. The summed E-state index contributed by atoms with van der Waals surface area (Å²) in [5.74, 6) is -1.37. The smallest absolute Gasteiger partial charge is 0.295 e. The number of thiazole rings is 1. The van der Waals surface area contributed by atoms with E-state index in [0.29, 0.717) is 5.01 Å². The minimum atomic E-state index is -0.773. The van der Waals surface area contributed by atoms with Gasteiger partial charge in [0.1, 0.15) is 22.2 Å². The van der Waals surface area contributed by atoms with Gasteiger partial charge in [-0.3, -0.25) is 14.9 Å². The number of nitro benzene ring substituents is 1. The molecular formula is C11H9FN4O3S. The number of nitrogens with two attached hydrogens (primary N) is 1. The minimum absolute atomic E-state index is 0.0938. The van der Waals surface area contributed by atoms with Gasteiger partial charge in [0.2, 0.25) is 0 Å². The number of aromatic nitrogens is 1. The highest BCUT2D eigenvalue weighted by Crippen LogP contribution is 2.25. The Labute approximate surface area is 116 Å². The van der Waals surface area contributed by atoms with Gasteiger partial charge in [-0.1, -0.05) is 0 Å². The highest BCUT2D eigenvalue weighted by molar-refractivity contribution is 7.09. The third-order valence-electron chi connectivity index (χ3n) is 2.36. The van der Waals surface area contributed by atoms with E-state index in [2.05, 4.69) is 10.3 Å². The Morgan fingerprint density at radius 1 is 1.55 bits per heavy atom. The van der Waals surface area contributed by atoms with E-state index in [0.717, 1.165) is 18.2 Å². The van der Waals surface area contributed by atoms with Crippen LogP contribution >= 0.6 is 11.3 Å². The van der Waals surface area contributed by atoms with Crippen LogP contribution in [0.2, 0.25) is 0 Å². The van der Waals surface area contributed by atoms with Gasteiger partial charge >= 0.3 is 0 Å². The number of nitrogens with zero attached hydrogens (tertiary/aromatic N) is 2. The maximum atomic E-state index is 13.0. The van der Waals surface area contributed by atoms with E-state index in [-0.39, 0.29) is 17.9 Å². The summed E-state index contributed by atoms with van der Waals surface area (Å²) in [5, 5.41) is 15.2. The Balaban J connectivity index is 2.25. The number of anilines is 1.